The van der Waals surface area contributed by atoms with E-state index in [2.05, 4.69) is 20.9 Å². The number of fused-ring (bicyclic) bond motifs is 1. The smallest absolute Gasteiger partial charge is 0.239 e. The summed E-state index contributed by atoms with van der Waals surface area (Å²) in [6.45, 7) is 2.47. The maximum absolute atomic E-state index is 12.8. The molecule has 11 heteroatoms. The van der Waals surface area contributed by atoms with Crippen LogP contribution in [0.25, 0.3) is 10.2 Å². The van der Waals surface area contributed by atoms with E-state index in [-0.39, 0.29) is 30.7 Å². The lowest BCUT2D eigenvalue weighted by Gasteiger charge is -2.36. The van der Waals surface area contributed by atoms with Gasteiger partial charge in [-0.3, -0.25) is 4.79 Å². The van der Waals surface area contributed by atoms with Crippen LogP contribution in [-0.4, -0.2) is 53.0 Å². The van der Waals surface area contributed by atoms with Crippen molar-refractivity contribution in [2.45, 2.75) is 12.5 Å². The summed E-state index contributed by atoms with van der Waals surface area (Å²) in [5.41, 5.74) is 7.94. The lowest BCUT2D eigenvalue weighted by Crippen LogP contribution is -2.53. The molecular formula is C20H21Cl3N6OS. The van der Waals surface area contributed by atoms with Crippen LogP contribution in [0, 0.1) is 11.3 Å². The van der Waals surface area contributed by atoms with Gasteiger partial charge in [0.1, 0.15) is 23.1 Å². The van der Waals surface area contributed by atoms with E-state index in [0.717, 1.165) is 21.6 Å². The Kier molecular flexibility index (Phi) is 8.86. The van der Waals surface area contributed by atoms with E-state index >= 15 is 0 Å². The number of amides is 1. The molecule has 1 saturated heterocycles. The molecule has 0 aliphatic carbocycles. The van der Waals surface area contributed by atoms with Crippen molar-refractivity contribution < 1.29 is 4.79 Å². The van der Waals surface area contributed by atoms with E-state index in [1.165, 1.54) is 17.7 Å². The number of carbonyl (C=O) groups excluding carboxylic acids is 1. The fourth-order valence-corrected chi connectivity index (χ4v) is 4.51. The van der Waals surface area contributed by atoms with Crippen LogP contribution in [0.15, 0.2) is 36.7 Å². The van der Waals surface area contributed by atoms with Gasteiger partial charge >= 0.3 is 0 Å². The van der Waals surface area contributed by atoms with Crippen molar-refractivity contribution >= 4 is 69.7 Å². The number of thiophene rings is 1. The summed E-state index contributed by atoms with van der Waals surface area (Å²) in [6.07, 6.45) is 2.00. The summed E-state index contributed by atoms with van der Waals surface area (Å²) in [5, 5.41) is 9.81. The van der Waals surface area contributed by atoms with Gasteiger partial charge in [0.25, 0.3) is 0 Å². The van der Waals surface area contributed by atoms with E-state index in [9.17, 15) is 4.79 Å². The lowest BCUT2D eigenvalue weighted by atomic mass is 10.1. The highest BCUT2D eigenvalue weighted by molar-refractivity contribution is 7.20. The first-order chi connectivity index (χ1) is 14.0. The van der Waals surface area contributed by atoms with Gasteiger partial charge in [0, 0.05) is 31.2 Å². The van der Waals surface area contributed by atoms with Crippen molar-refractivity contribution in [1.82, 2.24) is 14.9 Å². The average molecular weight is 500 g/mol. The highest BCUT2D eigenvalue weighted by Crippen LogP contribution is 2.31. The zero-order valence-electron chi connectivity index (χ0n) is 16.4. The third-order valence-electron chi connectivity index (χ3n) is 4.98. The third kappa shape index (κ3) is 5.56. The fourth-order valence-electron chi connectivity index (χ4n) is 3.46. The number of anilines is 1. The van der Waals surface area contributed by atoms with Crippen LogP contribution in [0.1, 0.15) is 10.4 Å². The van der Waals surface area contributed by atoms with Crippen LogP contribution in [0.5, 0.6) is 0 Å². The first-order valence-electron chi connectivity index (χ1n) is 9.23. The molecule has 1 unspecified atom stereocenters. The Bertz CT molecular complexity index is 1080. The van der Waals surface area contributed by atoms with Crippen LogP contribution in [-0.2, 0) is 11.2 Å². The van der Waals surface area contributed by atoms with E-state index < -0.39 is 6.04 Å². The van der Waals surface area contributed by atoms with Crippen molar-refractivity contribution in [2.24, 2.45) is 5.73 Å². The maximum atomic E-state index is 12.8. The molecule has 0 spiro atoms. The Morgan fingerprint density at radius 1 is 1.19 bits per heavy atom. The van der Waals surface area contributed by atoms with Gasteiger partial charge in [-0.25, -0.2) is 9.97 Å². The standard InChI is InChI=1S/C20H19ClN6OS.2ClH/c21-14-3-1-13(2-4-14)9-16(23)20(28)27-7-5-26(6-8-27)19-18-17(24-12-25-19)10-15(11-22)29-18;;/h1-4,10,12,16H,5-9,23H2;2*1H. The number of nitrogens with two attached hydrogens (primary N) is 1. The van der Waals surface area contributed by atoms with Crippen LogP contribution in [0.2, 0.25) is 5.02 Å². The van der Waals surface area contributed by atoms with Crippen LogP contribution in [0.3, 0.4) is 0 Å². The molecule has 3 aromatic rings. The summed E-state index contributed by atoms with van der Waals surface area (Å²) >= 11 is 7.30. The molecule has 2 N–H and O–H groups in total. The molecule has 1 atom stereocenters. The van der Waals surface area contributed by atoms with Crippen molar-refractivity contribution in [3.63, 3.8) is 0 Å². The second-order valence-corrected chi connectivity index (χ2v) is 8.37. The molecule has 1 aliphatic heterocycles. The Morgan fingerprint density at radius 2 is 1.87 bits per heavy atom. The van der Waals surface area contributed by atoms with Gasteiger partial charge in [0.2, 0.25) is 5.91 Å². The third-order valence-corrected chi connectivity index (χ3v) is 6.26. The highest BCUT2D eigenvalue weighted by atomic mass is 35.5. The molecule has 164 valence electrons. The minimum absolute atomic E-state index is 0. The lowest BCUT2D eigenvalue weighted by molar-refractivity contribution is -0.132. The zero-order valence-corrected chi connectivity index (χ0v) is 19.6. The SMILES string of the molecule is Cl.Cl.N#Cc1cc2ncnc(N3CCN(C(=O)C(N)Cc4ccc(Cl)cc4)CC3)c2s1. The van der Waals surface area contributed by atoms with Crippen LogP contribution >= 0.6 is 47.8 Å². The van der Waals surface area contributed by atoms with Gasteiger partial charge in [-0.1, -0.05) is 23.7 Å². The topological polar surface area (TPSA) is 99.1 Å². The largest absolute Gasteiger partial charge is 0.352 e. The Hall–Kier alpha value is -2.15. The van der Waals surface area contributed by atoms with Crippen molar-refractivity contribution in [3.8, 4) is 6.07 Å². The zero-order chi connectivity index (χ0) is 20.4. The number of piperazine rings is 1. The number of nitrogens with zero attached hydrogens (tertiary/aromatic N) is 5. The molecule has 1 aliphatic rings. The molecule has 1 amide bonds. The van der Waals surface area contributed by atoms with Gasteiger partial charge in [-0.05, 0) is 30.2 Å². The summed E-state index contributed by atoms with van der Waals surface area (Å²) in [5.74, 6) is 0.773. The number of benzene rings is 1. The predicted octanol–water partition coefficient (Wildman–Crippen LogP) is 3.28. The van der Waals surface area contributed by atoms with Crippen molar-refractivity contribution in [2.75, 3.05) is 31.1 Å². The van der Waals surface area contributed by atoms with E-state index in [4.69, 9.17) is 22.6 Å². The van der Waals surface area contributed by atoms with E-state index in [0.29, 0.717) is 42.5 Å². The fraction of sp³-hybridized carbons (Fsp3) is 0.300. The molecule has 3 heterocycles. The van der Waals surface area contributed by atoms with Gasteiger partial charge in [-0.15, -0.1) is 36.2 Å². The first kappa shape index (κ1) is 25.1. The number of hydrogen-bond acceptors (Lipinski definition) is 7. The Labute approximate surface area is 201 Å². The molecule has 7 nitrogen and oxygen atoms in total. The van der Waals surface area contributed by atoms with Crippen LogP contribution in [0.4, 0.5) is 5.82 Å². The predicted molar refractivity (Wildman–Crippen MR) is 129 cm³/mol. The molecule has 4 rings (SSSR count). The monoisotopic (exact) mass is 498 g/mol. The quantitative estimate of drug-likeness (QED) is 0.591. The minimum atomic E-state index is -0.580. The molecular weight excluding hydrogens is 479 g/mol. The Morgan fingerprint density at radius 3 is 2.52 bits per heavy atom. The number of aromatic nitrogens is 2. The molecule has 0 radical (unpaired) electrons. The van der Waals surface area contributed by atoms with Gasteiger partial charge in [0.05, 0.1) is 16.3 Å². The minimum Gasteiger partial charge on any atom is -0.352 e. The second kappa shape index (κ2) is 10.9. The molecule has 31 heavy (non-hydrogen) atoms. The first-order valence-corrected chi connectivity index (χ1v) is 10.4. The average Bonchev–Trinajstić information content (AvgIpc) is 3.18. The van der Waals surface area contributed by atoms with Crippen molar-refractivity contribution in [1.29, 1.82) is 5.26 Å². The maximum Gasteiger partial charge on any atom is 0.239 e. The number of halogens is 3. The number of carbonyl (C=O) groups is 1. The summed E-state index contributed by atoms with van der Waals surface area (Å²) < 4.78 is 0.906. The molecule has 2 aromatic heterocycles. The molecule has 0 bridgehead atoms. The van der Waals surface area contributed by atoms with Gasteiger partial charge < -0.3 is 15.5 Å². The summed E-state index contributed by atoms with van der Waals surface area (Å²) in [6, 6.07) is 10.8. The van der Waals surface area contributed by atoms with E-state index in [1.54, 1.807) is 18.2 Å². The Balaban J connectivity index is 0.00000171. The van der Waals surface area contributed by atoms with Gasteiger partial charge in [0.15, 0.2) is 0 Å². The normalized spacial score (nSPS) is 14.4. The van der Waals surface area contributed by atoms with E-state index in [1.807, 2.05) is 17.0 Å². The molecule has 0 saturated carbocycles. The second-order valence-electron chi connectivity index (χ2n) is 6.88. The highest BCUT2D eigenvalue weighted by Gasteiger charge is 2.27. The summed E-state index contributed by atoms with van der Waals surface area (Å²) in [4.78, 5) is 26.0. The number of hydrogen-bond donors (Lipinski definition) is 1. The number of rotatable bonds is 4. The molecule has 1 aromatic carbocycles. The van der Waals surface area contributed by atoms with Crippen LogP contribution < -0.4 is 10.6 Å². The molecule has 1 fully saturated rings. The van der Waals surface area contributed by atoms with Crippen molar-refractivity contribution in [3.05, 3.63) is 52.1 Å². The summed E-state index contributed by atoms with van der Waals surface area (Å²) in [7, 11) is 0. The van der Waals surface area contributed by atoms with Gasteiger partial charge in [-0.2, -0.15) is 5.26 Å². The number of nitriles is 1.